The highest BCUT2D eigenvalue weighted by Gasteiger charge is 2.46. The first-order chi connectivity index (χ1) is 14.1. The van der Waals surface area contributed by atoms with Crippen LogP contribution in [0, 0.1) is 5.82 Å². The predicted octanol–water partition coefficient (Wildman–Crippen LogP) is 4.46. The van der Waals surface area contributed by atoms with Crippen LogP contribution in [0.2, 0.25) is 10.0 Å². The summed E-state index contributed by atoms with van der Waals surface area (Å²) in [6, 6.07) is 6.66. The molecule has 0 atom stereocenters. The van der Waals surface area contributed by atoms with Crippen LogP contribution >= 0.6 is 23.2 Å². The van der Waals surface area contributed by atoms with Gasteiger partial charge in [0.05, 0.1) is 21.7 Å². The minimum absolute atomic E-state index is 0.00128. The number of hydrogen-bond acceptors (Lipinski definition) is 3. The fraction of sp³-hybridized carbons (Fsp3) is 0.300. The zero-order chi connectivity index (χ0) is 22.1. The van der Waals surface area contributed by atoms with Crippen molar-refractivity contribution >= 4 is 40.7 Å². The summed E-state index contributed by atoms with van der Waals surface area (Å²) in [5.74, 6) is -6.85. The first-order valence-electron chi connectivity index (χ1n) is 9.01. The maximum Gasteiger partial charge on any atom is 0.351 e. The first-order valence-corrected chi connectivity index (χ1v) is 9.77. The molecule has 2 N–H and O–H groups in total. The van der Waals surface area contributed by atoms with Gasteiger partial charge in [-0.05, 0) is 49.2 Å². The van der Waals surface area contributed by atoms with E-state index in [1.165, 1.54) is 18.2 Å². The molecule has 160 valence electrons. The molecule has 1 fully saturated rings. The number of hydrogen-bond donors (Lipinski definition) is 2. The molecule has 0 aromatic heterocycles. The van der Waals surface area contributed by atoms with Gasteiger partial charge in [0.1, 0.15) is 5.82 Å². The van der Waals surface area contributed by atoms with E-state index in [0.29, 0.717) is 0 Å². The Labute approximate surface area is 180 Å². The van der Waals surface area contributed by atoms with E-state index in [0.717, 1.165) is 23.1 Å². The second kappa shape index (κ2) is 8.83. The molecule has 0 spiro atoms. The van der Waals surface area contributed by atoms with E-state index in [4.69, 9.17) is 23.2 Å². The van der Waals surface area contributed by atoms with Crippen LogP contribution in [0.1, 0.15) is 28.8 Å². The summed E-state index contributed by atoms with van der Waals surface area (Å²) in [4.78, 5) is 25.8. The Morgan fingerprint density at radius 3 is 2.37 bits per heavy atom. The zero-order valence-electron chi connectivity index (χ0n) is 15.5. The number of amides is 2. The highest BCUT2D eigenvalue weighted by Crippen LogP contribution is 2.36. The Hall–Kier alpha value is -2.29. The number of anilines is 1. The van der Waals surface area contributed by atoms with Gasteiger partial charge in [-0.15, -0.1) is 0 Å². The van der Waals surface area contributed by atoms with Gasteiger partial charge in [-0.2, -0.15) is 8.78 Å². The minimum atomic E-state index is -3.96. The monoisotopic (exact) mass is 460 g/mol. The van der Waals surface area contributed by atoms with Crippen molar-refractivity contribution in [1.82, 2.24) is 4.90 Å². The molecule has 3 rings (SSSR count). The maximum atomic E-state index is 14.9. The lowest BCUT2D eigenvalue weighted by molar-refractivity contribution is -0.161. The number of rotatable bonds is 4. The summed E-state index contributed by atoms with van der Waals surface area (Å²) in [6.45, 7) is -0.00256. The lowest BCUT2D eigenvalue weighted by atomic mass is 10.0. The molecule has 0 bridgehead atoms. The molecule has 5 nitrogen and oxygen atoms in total. The Morgan fingerprint density at radius 1 is 1.07 bits per heavy atom. The van der Waals surface area contributed by atoms with Crippen LogP contribution in [0.3, 0.4) is 0 Å². The van der Waals surface area contributed by atoms with Gasteiger partial charge >= 0.3 is 5.92 Å². The Kier molecular flexibility index (Phi) is 6.59. The molecule has 1 saturated heterocycles. The average Bonchev–Trinajstić information content (AvgIpc) is 2.71. The van der Waals surface area contributed by atoms with Crippen molar-refractivity contribution in [3.05, 3.63) is 63.4 Å². The van der Waals surface area contributed by atoms with E-state index < -0.39 is 35.2 Å². The molecule has 1 aliphatic heterocycles. The highest BCUT2D eigenvalue weighted by atomic mass is 35.5. The number of aliphatic hydroxyl groups is 1. The fourth-order valence-corrected chi connectivity index (χ4v) is 3.48. The van der Waals surface area contributed by atoms with Gasteiger partial charge in [-0.1, -0.05) is 23.2 Å². The molecule has 1 aliphatic rings. The zero-order valence-corrected chi connectivity index (χ0v) is 17.0. The van der Waals surface area contributed by atoms with Crippen molar-refractivity contribution in [2.24, 2.45) is 0 Å². The summed E-state index contributed by atoms with van der Waals surface area (Å²) in [7, 11) is 0. The van der Waals surface area contributed by atoms with Crippen LogP contribution in [0.15, 0.2) is 36.4 Å². The molecule has 2 amide bonds. The number of alkyl halides is 2. The maximum absolute atomic E-state index is 14.9. The average molecular weight is 461 g/mol. The number of carbonyl (C=O) groups excluding carboxylic acids is 2. The molecule has 0 aliphatic carbocycles. The molecule has 0 unspecified atom stereocenters. The number of aliphatic hydroxyl groups excluding tert-OH is 1. The van der Waals surface area contributed by atoms with Gasteiger partial charge in [0.15, 0.2) is 0 Å². The van der Waals surface area contributed by atoms with E-state index in [9.17, 15) is 27.9 Å². The Bertz CT molecular complexity index is 980. The van der Waals surface area contributed by atoms with Crippen LogP contribution < -0.4 is 5.32 Å². The van der Waals surface area contributed by atoms with Crippen LogP contribution in [0.5, 0.6) is 0 Å². The molecule has 2 aromatic rings. The second-order valence-corrected chi connectivity index (χ2v) is 7.69. The van der Waals surface area contributed by atoms with Crippen LogP contribution in [-0.2, 0) is 10.7 Å². The first kappa shape index (κ1) is 22.4. The largest absolute Gasteiger partial charge is 0.393 e. The van der Waals surface area contributed by atoms with E-state index in [2.05, 4.69) is 5.32 Å². The molecular formula is C20H17Cl2F3N2O3. The number of carbonyl (C=O) groups is 2. The van der Waals surface area contributed by atoms with Gasteiger partial charge in [0.2, 0.25) is 0 Å². The summed E-state index contributed by atoms with van der Waals surface area (Å²) >= 11 is 11.6. The molecule has 1 heterocycles. The summed E-state index contributed by atoms with van der Waals surface area (Å²) in [6.07, 6.45) is -0.213. The number of benzene rings is 2. The standard InChI is InChI=1S/C20H17Cl2F3N2O3/c21-15-3-1-11(18(29)26-12-2-4-17(23)16(22)10-12)9-14(15)20(24,25)19(30)27-7-5-13(28)6-8-27/h1-4,9-10,13,28H,5-8H2,(H,26,29). The van der Waals surface area contributed by atoms with E-state index >= 15 is 0 Å². The minimum Gasteiger partial charge on any atom is -0.393 e. The smallest absolute Gasteiger partial charge is 0.351 e. The van der Waals surface area contributed by atoms with Crippen molar-refractivity contribution in [3.63, 3.8) is 0 Å². The van der Waals surface area contributed by atoms with Gasteiger partial charge in [0.25, 0.3) is 11.8 Å². The van der Waals surface area contributed by atoms with Crippen LogP contribution in [-0.4, -0.2) is 41.0 Å². The molecule has 10 heteroatoms. The quantitative estimate of drug-likeness (QED) is 0.707. The van der Waals surface area contributed by atoms with Crippen molar-refractivity contribution in [1.29, 1.82) is 0 Å². The number of nitrogens with zero attached hydrogens (tertiary/aromatic N) is 1. The lowest BCUT2D eigenvalue weighted by Crippen LogP contribution is -2.47. The third-order valence-electron chi connectivity index (χ3n) is 4.76. The number of halogens is 5. The topological polar surface area (TPSA) is 69.6 Å². The Morgan fingerprint density at radius 2 is 1.73 bits per heavy atom. The van der Waals surface area contributed by atoms with E-state index in [-0.39, 0.29) is 47.2 Å². The third kappa shape index (κ3) is 4.71. The van der Waals surface area contributed by atoms with Crippen molar-refractivity contribution < 1.29 is 27.9 Å². The Balaban J connectivity index is 1.83. The molecule has 2 aromatic carbocycles. The highest BCUT2D eigenvalue weighted by molar-refractivity contribution is 6.32. The number of nitrogens with one attached hydrogen (secondary N) is 1. The van der Waals surface area contributed by atoms with Crippen LogP contribution in [0.25, 0.3) is 0 Å². The SMILES string of the molecule is O=C(Nc1ccc(F)c(Cl)c1)c1ccc(Cl)c(C(F)(F)C(=O)N2CCC(O)CC2)c1. The normalized spacial score (nSPS) is 15.2. The molecule has 30 heavy (non-hydrogen) atoms. The second-order valence-electron chi connectivity index (χ2n) is 6.88. The number of likely N-dealkylation sites (tertiary alicyclic amines) is 1. The van der Waals surface area contributed by atoms with Gasteiger partial charge in [-0.3, -0.25) is 9.59 Å². The van der Waals surface area contributed by atoms with Crippen molar-refractivity contribution in [2.75, 3.05) is 18.4 Å². The van der Waals surface area contributed by atoms with Crippen LogP contribution in [0.4, 0.5) is 18.9 Å². The summed E-state index contributed by atoms with van der Waals surface area (Å²) < 4.78 is 43.1. The molecule has 0 radical (unpaired) electrons. The lowest BCUT2D eigenvalue weighted by Gasteiger charge is -2.32. The van der Waals surface area contributed by atoms with Crippen molar-refractivity contribution in [2.45, 2.75) is 24.9 Å². The predicted molar refractivity (Wildman–Crippen MR) is 107 cm³/mol. The summed E-state index contributed by atoms with van der Waals surface area (Å²) in [5, 5.41) is 11.3. The molecular weight excluding hydrogens is 444 g/mol. The van der Waals surface area contributed by atoms with Crippen molar-refractivity contribution in [3.8, 4) is 0 Å². The van der Waals surface area contributed by atoms with Gasteiger partial charge < -0.3 is 15.3 Å². The van der Waals surface area contributed by atoms with E-state index in [1.54, 1.807) is 0 Å². The summed E-state index contributed by atoms with van der Waals surface area (Å²) in [5.41, 5.74) is -0.806. The van der Waals surface area contributed by atoms with Gasteiger partial charge in [-0.25, -0.2) is 4.39 Å². The number of piperidine rings is 1. The van der Waals surface area contributed by atoms with Gasteiger partial charge in [0, 0.05) is 24.3 Å². The fourth-order valence-electron chi connectivity index (χ4n) is 3.07. The van der Waals surface area contributed by atoms with E-state index in [1.807, 2.05) is 0 Å². The third-order valence-corrected chi connectivity index (χ3v) is 5.38. The molecule has 0 saturated carbocycles.